The van der Waals surface area contributed by atoms with E-state index in [1.54, 1.807) is 18.2 Å². The first-order valence-electron chi connectivity index (χ1n) is 7.29. The third-order valence-corrected chi connectivity index (χ3v) is 3.20. The molecule has 0 aliphatic rings. The molecule has 2 N–H and O–H groups in total. The number of unbranched alkanes of at least 4 members (excludes halogenated alkanes) is 5. The molecule has 0 radical (unpaired) electrons. The Kier molecular flexibility index (Phi) is 7.55. The van der Waals surface area contributed by atoms with E-state index in [1.165, 1.54) is 39.2 Å². The summed E-state index contributed by atoms with van der Waals surface area (Å²) in [5.74, 6) is 0.223. The van der Waals surface area contributed by atoms with Crippen molar-refractivity contribution in [3.05, 3.63) is 23.8 Å². The van der Waals surface area contributed by atoms with Gasteiger partial charge >= 0.3 is 5.97 Å². The van der Waals surface area contributed by atoms with E-state index < -0.39 is 5.97 Å². The molecule has 4 heteroatoms. The minimum Gasteiger partial charge on any atom is -0.494 e. The monoisotopic (exact) mass is 279 g/mol. The second-order valence-electron chi connectivity index (χ2n) is 4.86. The molecular formula is C16H25NO3. The Bertz CT molecular complexity index is 418. The molecule has 0 atom stereocenters. The number of nitrogen functional groups attached to an aromatic ring is 1. The van der Waals surface area contributed by atoms with Crippen LogP contribution in [0.15, 0.2) is 18.2 Å². The Balaban J connectivity index is 2.35. The topological polar surface area (TPSA) is 61.5 Å². The highest BCUT2D eigenvalue weighted by atomic mass is 16.5. The number of methoxy groups -OCH3 is 1. The van der Waals surface area contributed by atoms with Crippen LogP contribution in [0.2, 0.25) is 0 Å². The Labute approximate surface area is 121 Å². The fourth-order valence-corrected chi connectivity index (χ4v) is 1.98. The highest BCUT2D eigenvalue weighted by molar-refractivity contribution is 5.95. The molecule has 0 heterocycles. The average Bonchev–Trinajstić information content (AvgIpc) is 2.47. The van der Waals surface area contributed by atoms with Gasteiger partial charge < -0.3 is 15.2 Å². The van der Waals surface area contributed by atoms with E-state index in [9.17, 15) is 4.79 Å². The number of hydrogen-bond donors (Lipinski definition) is 1. The van der Waals surface area contributed by atoms with E-state index in [1.807, 2.05) is 0 Å². The van der Waals surface area contributed by atoms with E-state index in [2.05, 4.69) is 11.7 Å². The van der Waals surface area contributed by atoms with Gasteiger partial charge in [0.15, 0.2) is 0 Å². The third kappa shape index (κ3) is 5.51. The van der Waals surface area contributed by atoms with Gasteiger partial charge in [-0.15, -0.1) is 0 Å². The maximum absolute atomic E-state index is 11.5. The van der Waals surface area contributed by atoms with Gasteiger partial charge in [0.05, 0.1) is 19.3 Å². The molecule has 0 fully saturated rings. The van der Waals surface area contributed by atoms with Crippen LogP contribution in [-0.2, 0) is 4.74 Å². The molecule has 0 aromatic heterocycles. The van der Waals surface area contributed by atoms with Gasteiger partial charge in [0.1, 0.15) is 5.75 Å². The predicted molar refractivity (Wildman–Crippen MR) is 81.1 cm³/mol. The third-order valence-electron chi connectivity index (χ3n) is 3.20. The molecule has 1 aromatic carbocycles. The van der Waals surface area contributed by atoms with Crippen molar-refractivity contribution in [1.82, 2.24) is 0 Å². The summed E-state index contributed by atoms with van der Waals surface area (Å²) in [6.07, 6.45) is 7.33. The van der Waals surface area contributed by atoms with Crippen molar-refractivity contribution in [3.8, 4) is 5.75 Å². The molecule has 0 unspecified atom stereocenters. The highest BCUT2D eigenvalue weighted by Crippen LogP contribution is 2.20. The molecule has 0 amide bonds. The SMILES string of the molecule is CCCCCCCCOc1ccc(N)c(C(=O)OC)c1. The number of rotatable bonds is 9. The zero-order valence-electron chi connectivity index (χ0n) is 12.5. The maximum atomic E-state index is 11.5. The van der Waals surface area contributed by atoms with Gasteiger partial charge in [-0.05, 0) is 24.6 Å². The number of ether oxygens (including phenoxy) is 2. The molecule has 0 aliphatic carbocycles. The normalized spacial score (nSPS) is 10.3. The van der Waals surface area contributed by atoms with E-state index in [4.69, 9.17) is 10.5 Å². The van der Waals surface area contributed by atoms with Gasteiger partial charge in [-0.2, -0.15) is 0 Å². The van der Waals surface area contributed by atoms with Crippen LogP contribution in [0.1, 0.15) is 55.8 Å². The molecule has 1 aromatic rings. The summed E-state index contributed by atoms with van der Waals surface area (Å²) in [6.45, 7) is 2.87. The highest BCUT2D eigenvalue weighted by Gasteiger charge is 2.11. The minimum atomic E-state index is -0.437. The Morgan fingerprint density at radius 3 is 2.55 bits per heavy atom. The van der Waals surface area contributed by atoms with Gasteiger partial charge in [-0.3, -0.25) is 0 Å². The lowest BCUT2D eigenvalue weighted by atomic mass is 10.1. The molecule has 1 rings (SSSR count). The van der Waals surface area contributed by atoms with E-state index in [0.29, 0.717) is 23.6 Å². The van der Waals surface area contributed by atoms with Crippen molar-refractivity contribution >= 4 is 11.7 Å². The first-order valence-corrected chi connectivity index (χ1v) is 7.29. The van der Waals surface area contributed by atoms with Crippen molar-refractivity contribution in [2.75, 3.05) is 19.5 Å². The summed E-state index contributed by atoms with van der Waals surface area (Å²) >= 11 is 0. The van der Waals surface area contributed by atoms with Gasteiger partial charge in [0, 0.05) is 5.69 Å². The second kappa shape index (κ2) is 9.23. The quantitative estimate of drug-likeness (QED) is 0.424. The van der Waals surface area contributed by atoms with Crippen LogP contribution in [0.5, 0.6) is 5.75 Å². The molecule has 4 nitrogen and oxygen atoms in total. The van der Waals surface area contributed by atoms with E-state index in [0.717, 1.165) is 6.42 Å². The summed E-state index contributed by atoms with van der Waals surface area (Å²) in [5, 5.41) is 0. The number of benzene rings is 1. The first kappa shape index (κ1) is 16.3. The molecular weight excluding hydrogens is 254 g/mol. The lowest BCUT2D eigenvalue weighted by Crippen LogP contribution is -2.06. The lowest BCUT2D eigenvalue weighted by molar-refractivity contribution is 0.0601. The van der Waals surface area contributed by atoms with E-state index in [-0.39, 0.29) is 0 Å². The van der Waals surface area contributed by atoms with Crippen molar-refractivity contribution in [2.45, 2.75) is 45.4 Å². The van der Waals surface area contributed by atoms with Gasteiger partial charge in [0.25, 0.3) is 0 Å². The number of hydrogen-bond acceptors (Lipinski definition) is 4. The standard InChI is InChI=1S/C16H25NO3/c1-3-4-5-6-7-8-11-20-13-9-10-15(17)14(12-13)16(18)19-2/h9-10,12H,3-8,11,17H2,1-2H3. The van der Waals surface area contributed by atoms with Crippen molar-refractivity contribution < 1.29 is 14.3 Å². The Morgan fingerprint density at radius 1 is 1.15 bits per heavy atom. The van der Waals surface area contributed by atoms with Crippen LogP contribution < -0.4 is 10.5 Å². The fraction of sp³-hybridized carbons (Fsp3) is 0.562. The number of anilines is 1. The van der Waals surface area contributed by atoms with Crippen molar-refractivity contribution in [1.29, 1.82) is 0 Å². The van der Waals surface area contributed by atoms with Crippen LogP contribution >= 0.6 is 0 Å². The first-order chi connectivity index (χ1) is 9.69. The van der Waals surface area contributed by atoms with Crippen LogP contribution in [0.3, 0.4) is 0 Å². The Hall–Kier alpha value is -1.71. The maximum Gasteiger partial charge on any atom is 0.340 e. The van der Waals surface area contributed by atoms with Gasteiger partial charge in [0.2, 0.25) is 0 Å². The van der Waals surface area contributed by atoms with Crippen molar-refractivity contribution in [2.24, 2.45) is 0 Å². The molecule has 0 aliphatic heterocycles. The van der Waals surface area contributed by atoms with Crippen LogP contribution in [0.4, 0.5) is 5.69 Å². The number of carbonyl (C=O) groups is 1. The zero-order valence-corrected chi connectivity index (χ0v) is 12.5. The number of esters is 1. The number of nitrogens with two attached hydrogens (primary N) is 1. The Morgan fingerprint density at radius 2 is 1.85 bits per heavy atom. The molecule has 0 saturated carbocycles. The van der Waals surface area contributed by atoms with Gasteiger partial charge in [-0.1, -0.05) is 39.0 Å². The smallest absolute Gasteiger partial charge is 0.340 e. The minimum absolute atomic E-state index is 0.355. The zero-order chi connectivity index (χ0) is 14.8. The summed E-state index contributed by atoms with van der Waals surface area (Å²) in [5.41, 5.74) is 6.49. The summed E-state index contributed by atoms with van der Waals surface area (Å²) in [7, 11) is 1.34. The van der Waals surface area contributed by atoms with Crippen LogP contribution in [0.25, 0.3) is 0 Å². The molecule has 20 heavy (non-hydrogen) atoms. The molecule has 0 bridgehead atoms. The lowest BCUT2D eigenvalue weighted by Gasteiger charge is -2.09. The average molecular weight is 279 g/mol. The van der Waals surface area contributed by atoms with Crippen molar-refractivity contribution in [3.63, 3.8) is 0 Å². The second-order valence-corrected chi connectivity index (χ2v) is 4.86. The predicted octanol–water partition coefficient (Wildman–Crippen LogP) is 3.79. The largest absolute Gasteiger partial charge is 0.494 e. The fourth-order valence-electron chi connectivity index (χ4n) is 1.98. The van der Waals surface area contributed by atoms with Crippen LogP contribution in [0, 0.1) is 0 Å². The molecule has 0 saturated heterocycles. The summed E-state index contributed by atoms with van der Waals surface area (Å²) in [4.78, 5) is 11.5. The van der Waals surface area contributed by atoms with Crippen LogP contribution in [-0.4, -0.2) is 19.7 Å². The molecule has 0 spiro atoms. The molecule has 112 valence electrons. The van der Waals surface area contributed by atoms with E-state index >= 15 is 0 Å². The van der Waals surface area contributed by atoms with Gasteiger partial charge in [-0.25, -0.2) is 4.79 Å². The number of carbonyl (C=O) groups excluding carboxylic acids is 1. The summed E-state index contributed by atoms with van der Waals surface area (Å²) in [6, 6.07) is 5.08. The summed E-state index contributed by atoms with van der Waals surface area (Å²) < 4.78 is 10.3.